The molecule has 0 aliphatic carbocycles. The fourth-order valence-electron chi connectivity index (χ4n) is 1.22. The first-order chi connectivity index (χ1) is 7.06. The molecule has 16 heavy (non-hydrogen) atoms. The van der Waals surface area contributed by atoms with Crippen LogP contribution >= 0.6 is 28.3 Å². The van der Waals surface area contributed by atoms with Gasteiger partial charge in [-0.3, -0.25) is 10.1 Å². The number of rotatable bonds is 4. The van der Waals surface area contributed by atoms with Crippen LogP contribution in [0.2, 0.25) is 0 Å². The zero-order valence-corrected chi connectivity index (χ0v) is 10.8. The lowest BCUT2D eigenvalue weighted by Gasteiger charge is -2.09. The summed E-state index contributed by atoms with van der Waals surface area (Å²) in [5, 5.41) is 10.7. The van der Waals surface area contributed by atoms with Crippen molar-refractivity contribution in [2.24, 2.45) is 5.73 Å². The first kappa shape index (κ1) is 15.1. The summed E-state index contributed by atoms with van der Waals surface area (Å²) in [6, 6.07) is 4.65. The van der Waals surface area contributed by atoms with Gasteiger partial charge in [0.15, 0.2) is 0 Å². The summed E-state index contributed by atoms with van der Waals surface area (Å²) in [5.74, 6) is 0. The van der Waals surface area contributed by atoms with Crippen LogP contribution in [0.3, 0.4) is 0 Å². The van der Waals surface area contributed by atoms with Crippen molar-refractivity contribution < 1.29 is 4.92 Å². The molecule has 0 radical (unpaired) electrons. The Labute approximate surface area is 108 Å². The molecule has 1 atom stereocenters. The van der Waals surface area contributed by atoms with Gasteiger partial charge in [0.25, 0.3) is 5.69 Å². The standard InChI is InChI=1S/C10H11BrN2O2.ClH/c1-2-3-9(12)7-4-5-8(11)10(6-7)13(14)15;/h2,4-6,9H,1,3,12H2;1H/t9-;/m1./s1. The molecule has 0 saturated heterocycles. The lowest BCUT2D eigenvalue weighted by atomic mass is 10.0. The molecule has 0 aliphatic heterocycles. The van der Waals surface area contributed by atoms with Crippen LogP contribution in [0, 0.1) is 10.1 Å². The highest BCUT2D eigenvalue weighted by Gasteiger charge is 2.14. The summed E-state index contributed by atoms with van der Waals surface area (Å²) in [4.78, 5) is 10.2. The fraction of sp³-hybridized carbons (Fsp3) is 0.200. The van der Waals surface area contributed by atoms with Crippen molar-refractivity contribution in [1.82, 2.24) is 0 Å². The number of nitrogens with two attached hydrogens (primary N) is 1. The van der Waals surface area contributed by atoms with Gasteiger partial charge in [-0.25, -0.2) is 0 Å². The van der Waals surface area contributed by atoms with Crippen molar-refractivity contribution in [2.45, 2.75) is 12.5 Å². The van der Waals surface area contributed by atoms with Gasteiger partial charge in [-0.15, -0.1) is 19.0 Å². The van der Waals surface area contributed by atoms with E-state index in [2.05, 4.69) is 22.5 Å². The Bertz CT molecular complexity index is 398. The number of nitro groups is 1. The van der Waals surface area contributed by atoms with Gasteiger partial charge in [-0.2, -0.15) is 0 Å². The lowest BCUT2D eigenvalue weighted by Crippen LogP contribution is -2.09. The fourth-order valence-corrected chi connectivity index (χ4v) is 1.61. The van der Waals surface area contributed by atoms with Crippen LogP contribution in [0.15, 0.2) is 35.3 Å². The molecule has 1 aromatic rings. The normalized spacial score (nSPS) is 11.4. The smallest absolute Gasteiger partial charge is 0.283 e. The summed E-state index contributed by atoms with van der Waals surface area (Å²) in [6.45, 7) is 3.58. The van der Waals surface area contributed by atoms with Gasteiger partial charge in [-0.05, 0) is 34.0 Å². The minimum absolute atomic E-state index is 0. The highest BCUT2D eigenvalue weighted by atomic mass is 79.9. The number of nitrogens with zero attached hydrogens (tertiary/aromatic N) is 1. The quantitative estimate of drug-likeness (QED) is 0.527. The molecule has 0 heterocycles. The van der Waals surface area contributed by atoms with Gasteiger partial charge in [0.05, 0.1) is 9.40 Å². The Kier molecular flexibility index (Phi) is 6.25. The number of benzene rings is 1. The van der Waals surface area contributed by atoms with Crippen molar-refractivity contribution >= 4 is 34.0 Å². The van der Waals surface area contributed by atoms with E-state index in [9.17, 15) is 10.1 Å². The van der Waals surface area contributed by atoms with E-state index in [0.717, 1.165) is 5.56 Å². The third-order valence-corrected chi connectivity index (χ3v) is 2.69. The maximum atomic E-state index is 10.7. The van der Waals surface area contributed by atoms with Gasteiger partial charge in [-0.1, -0.05) is 12.1 Å². The number of halogens is 2. The maximum Gasteiger partial charge on any atom is 0.283 e. The van der Waals surface area contributed by atoms with Crippen LogP contribution in [-0.4, -0.2) is 4.92 Å². The molecule has 0 bridgehead atoms. The predicted molar refractivity (Wildman–Crippen MR) is 69.8 cm³/mol. The molecule has 0 fully saturated rings. The van der Waals surface area contributed by atoms with E-state index >= 15 is 0 Å². The molecule has 0 spiro atoms. The minimum atomic E-state index is -0.436. The molecule has 0 aliphatic rings. The van der Waals surface area contributed by atoms with Crippen LogP contribution in [0.25, 0.3) is 0 Å². The number of hydrogen-bond acceptors (Lipinski definition) is 3. The first-order valence-electron chi connectivity index (χ1n) is 4.36. The molecule has 0 saturated carbocycles. The molecule has 88 valence electrons. The summed E-state index contributed by atoms with van der Waals surface area (Å²) in [5.41, 5.74) is 6.59. The van der Waals surface area contributed by atoms with Gasteiger partial charge >= 0.3 is 0 Å². The van der Waals surface area contributed by atoms with E-state index < -0.39 is 4.92 Å². The minimum Gasteiger partial charge on any atom is -0.324 e. The summed E-state index contributed by atoms with van der Waals surface area (Å²) in [7, 11) is 0. The third-order valence-electron chi connectivity index (χ3n) is 2.02. The Hall–Kier alpha value is -0.910. The van der Waals surface area contributed by atoms with Crippen LogP contribution in [0.1, 0.15) is 18.0 Å². The van der Waals surface area contributed by atoms with E-state index in [1.807, 2.05) is 0 Å². The maximum absolute atomic E-state index is 10.7. The SMILES string of the molecule is C=CC[C@@H](N)c1ccc(Br)c([N+](=O)[O-])c1.Cl. The van der Waals surface area contributed by atoms with Crippen LogP contribution < -0.4 is 5.73 Å². The zero-order chi connectivity index (χ0) is 11.4. The molecule has 0 aromatic heterocycles. The van der Waals surface area contributed by atoms with Gasteiger partial charge in [0.1, 0.15) is 0 Å². The monoisotopic (exact) mass is 306 g/mol. The molecular formula is C10H12BrClN2O2. The molecule has 0 amide bonds. The Balaban J connectivity index is 0.00000225. The lowest BCUT2D eigenvalue weighted by molar-refractivity contribution is -0.385. The number of nitro benzene ring substituents is 1. The van der Waals surface area contributed by atoms with E-state index in [1.54, 1.807) is 18.2 Å². The highest BCUT2D eigenvalue weighted by Crippen LogP contribution is 2.28. The molecule has 2 N–H and O–H groups in total. The van der Waals surface area contributed by atoms with E-state index in [4.69, 9.17) is 5.73 Å². The van der Waals surface area contributed by atoms with Crippen LogP contribution in [0.5, 0.6) is 0 Å². The molecule has 1 rings (SSSR count). The van der Waals surface area contributed by atoms with Crippen LogP contribution in [0.4, 0.5) is 5.69 Å². The summed E-state index contributed by atoms with van der Waals surface area (Å²) in [6.07, 6.45) is 2.29. The largest absolute Gasteiger partial charge is 0.324 e. The van der Waals surface area contributed by atoms with Crippen molar-refractivity contribution in [3.8, 4) is 0 Å². The molecular weight excluding hydrogens is 295 g/mol. The second-order valence-electron chi connectivity index (χ2n) is 3.10. The van der Waals surface area contributed by atoms with Crippen molar-refractivity contribution in [2.75, 3.05) is 0 Å². The Morgan fingerprint density at radius 2 is 2.25 bits per heavy atom. The average molecular weight is 308 g/mol. The van der Waals surface area contributed by atoms with Gasteiger partial charge < -0.3 is 5.73 Å². The van der Waals surface area contributed by atoms with Crippen molar-refractivity contribution in [1.29, 1.82) is 0 Å². The summed E-state index contributed by atoms with van der Waals surface area (Å²) >= 11 is 3.12. The van der Waals surface area contributed by atoms with Crippen molar-refractivity contribution in [3.63, 3.8) is 0 Å². The Morgan fingerprint density at radius 1 is 1.62 bits per heavy atom. The van der Waals surface area contributed by atoms with Crippen molar-refractivity contribution in [3.05, 3.63) is 51.0 Å². The second-order valence-corrected chi connectivity index (χ2v) is 3.95. The zero-order valence-electron chi connectivity index (χ0n) is 8.43. The average Bonchev–Trinajstić information content (AvgIpc) is 2.18. The predicted octanol–water partition coefficient (Wildman–Crippen LogP) is 3.36. The third kappa shape index (κ3) is 3.59. The number of hydrogen-bond donors (Lipinski definition) is 1. The van der Waals surface area contributed by atoms with Gasteiger partial charge in [0.2, 0.25) is 0 Å². The molecule has 4 nitrogen and oxygen atoms in total. The van der Waals surface area contributed by atoms with Crippen LogP contribution in [-0.2, 0) is 0 Å². The molecule has 0 unspecified atom stereocenters. The molecule has 1 aromatic carbocycles. The van der Waals surface area contributed by atoms with Gasteiger partial charge in [0, 0.05) is 12.1 Å². The molecule has 6 heteroatoms. The second kappa shape index (κ2) is 6.62. The van der Waals surface area contributed by atoms with E-state index in [1.165, 1.54) is 6.07 Å². The van der Waals surface area contributed by atoms with E-state index in [-0.39, 0.29) is 24.1 Å². The summed E-state index contributed by atoms with van der Waals surface area (Å²) < 4.78 is 0.460. The highest BCUT2D eigenvalue weighted by molar-refractivity contribution is 9.10. The Morgan fingerprint density at radius 3 is 2.75 bits per heavy atom. The first-order valence-corrected chi connectivity index (χ1v) is 5.16. The van der Waals surface area contributed by atoms with E-state index in [0.29, 0.717) is 10.9 Å². The topological polar surface area (TPSA) is 69.2 Å².